The topological polar surface area (TPSA) is 72.7 Å². The van der Waals surface area contributed by atoms with E-state index in [1.54, 1.807) is 25.3 Å². The summed E-state index contributed by atoms with van der Waals surface area (Å²) in [6.45, 7) is 0.722. The number of hydrogen-bond acceptors (Lipinski definition) is 4. The zero-order valence-electron chi connectivity index (χ0n) is 14.5. The lowest BCUT2D eigenvalue weighted by Gasteiger charge is -2.24. The fourth-order valence-corrected chi connectivity index (χ4v) is 3.17. The first-order chi connectivity index (χ1) is 12.6. The van der Waals surface area contributed by atoms with Gasteiger partial charge in [-0.2, -0.15) is 0 Å². The van der Waals surface area contributed by atoms with Crippen LogP contribution in [-0.4, -0.2) is 29.4 Å². The number of rotatable bonds is 5. The number of nitro benzene ring substituents is 1. The predicted octanol–water partition coefficient (Wildman–Crippen LogP) is 3.98. The van der Waals surface area contributed by atoms with E-state index in [1.807, 2.05) is 29.2 Å². The molecule has 2 aromatic carbocycles. The van der Waals surface area contributed by atoms with Gasteiger partial charge in [0.2, 0.25) is 5.91 Å². The Labute approximate surface area is 151 Å². The van der Waals surface area contributed by atoms with Crippen molar-refractivity contribution in [2.75, 3.05) is 13.7 Å². The molecule has 6 heteroatoms. The third-order valence-corrected chi connectivity index (χ3v) is 4.56. The molecule has 0 radical (unpaired) electrons. The van der Waals surface area contributed by atoms with Gasteiger partial charge in [0.15, 0.2) is 0 Å². The van der Waals surface area contributed by atoms with E-state index in [-0.39, 0.29) is 17.6 Å². The lowest BCUT2D eigenvalue weighted by Crippen LogP contribution is -2.28. The molecule has 1 atom stereocenters. The van der Waals surface area contributed by atoms with E-state index in [0.717, 1.165) is 36.3 Å². The van der Waals surface area contributed by atoms with Crippen LogP contribution in [0.2, 0.25) is 0 Å². The number of nitro groups is 1. The predicted molar refractivity (Wildman–Crippen MR) is 98.8 cm³/mol. The van der Waals surface area contributed by atoms with Crippen LogP contribution in [0.4, 0.5) is 5.69 Å². The highest BCUT2D eigenvalue weighted by atomic mass is 16.6. The van der Waals surface area contributed by atoms with Crippen molar-refractivity contribution in [2.24, 2.45) is 0 Å². The van der Waals surface area contributed by atoms with Crippen molar-refractivity contribution in [1.29, 1.82) is 0 Å². The lowest BCUT2D eigenvalue weighted by atomic mass is 10.0. The smallest absolute Gasteiger partial charge is 0.269 e. The van der Waals surface area contributed by atoms with Crippen molar-refractivity contribution in [3.05, 3.63) is 75.8 Å². The fraction of sp³-hybridized carbons (Fsp3) is 0.250. The summed E-state index contributed by atoms with van der Waals surface area (Å²) in [4.78, 5) is 24.7. The SMILES string of the molecule is COc1ccc(C2CCCN2C(=O)/C=C/c2ccc([N+](=O)[O-])cc2)cc1. The molecule has 1 unspecified atom stereocenters. The summed E-state index contributed by atoms with van der Waals surface area (Å²) in [5.74, 6) is 0.740. The summed E-state index contributed by atoms with van der Waals surface area (Å²) < 4.78 is 5.18. The van der Waals surface area contributed by atoms with Crippen LogP contribution in [0.3, 0.4) is 0 Å². The Balaban J connectivity index is 1.70. The molecular weight excluding hydrogens is 332 g/mol. The minimum atomic E-state index is -0.442. The van der Waals surface area contributed by atoms with Crippen molar-refractivity contribution < 1.29 is 14.5 Å². The maximum atomic E-state index is 12.6. The third-order valence-electron chi connectivity index (χ3n) is 4.56. The highest BCUT2D eigenvalue weighted by molar-refractivity contribution is 5.92. The van der Waals surface area contributed by atoms with Gasteiger partial charge in [-0.25, -0.2) is 0 Å². The van der Waals surface area contributed by atoms with Crippen molar-refractivity contribution in [2.45, 2.75) is 18.9 Å². The molecule has 1 heterocycles. The highest BCUT2D eigenvalue weighted by Crippen LogP contribution is 2.33. The van der Waals surface area contributed by atoms with Gasteiger partial charge in [-0.15, -0.1) is 0 Å². The van der Waals surface area contributed by atoms with Crippen LogP contribution in [0.25, 0.3) is 6.08 Å². The Morgan fingerprint density at radius 2 is 1.88 bits per heavy atom. The van der Waals surface area contributed by atoms with Gasteiger partial charge in [0, 0.05) is 24.8 Å². The Bertz CT molecular complexity index is 813. The molecule has 2 aromatic rings. The largest absolute Gasteiger partial charge is 0.497 e. The molecule has 134 valence electrons. The number of methoxy groups -OCH3 is 1. The number of carbonyl (C=O) groups is 1. The van der Waals surface area contributed by atoms with E-state index in [0.29, 0.717) is 0 Å². The maximum Gasteiger partial charge on any atom is 0.269 e. The summed E-state index contributed by atoms with van der Waals surface area (Å²) in [7, 11) is 1.63. The van der Waals surface area contributed by atoms with Crippen molar-refractivity contribution in [1.82, 2.24) is 4.90 Å². The monoisotopic (exact) mass is 352 g/mol. The number of benzene rings is 2. The number of amides is 1. The van der Waals surface area contributed by atoms with Crippen LogP contribution in [0.5, 0.6) is 5.75 Å². The first-order valence-electron chi connectivity index (χ1n) is 8.45. The second-order valence-corrected chi connectivity index (χ2v) is 6.14. The Kier molecular flexibility index (Phi) is 5.31. The number of carbonyl (C=O) groups excluding carboxylic acids is 1. The Hall–Kier alpha value is -3.15. The number of ether oxygens (including phenoxy) is 1. The van der Waals surface area contributed by atoms with Gasteiger partial charge in [-0.1, -0.05) is 12.1 Å². The van der Waals surface area contributed by atoms with Crippen LogP contribution in [0.15, 0.2) is 54.6 Å². The first kappa shape index (κ1) is 17.7. The molecule has 1 aliphatic heterocycles. The average Bonchev–Trinajstić information content (AvgIpc) is 3.16. The van der Waals surface area contributed by atoms with E-state index < -0.39 is 4.92 Å². The number of likely N-dealkylation sites (tertiary alicyclic amines) is 1. The van der Waals surface area contributed by atoms with Gasteiger partial charge in [0.1, 0.15) is 5.75 Å². The molecule has 1 saturated heterocycles. The van der Waals surface area contributed by atoms with Crippen LogP contribution < -0.4 is 4.74 Å². The van der Waals surface area contributed by atoms with Gasteiger partial charge in [0.25, 0.3) is 5.69 Å². The molecule has 0 bridgehead atoms. The van der Waals surface area contributed by atoms with E-state index in [1.165, 1.54) is 18.2 Å². The molecule has 3 rings (SSSR count). The van der Waals surface area contributed by atoms with E-state index in [2.05, 4.69) is 0 Å². The van der Waals surface area contributed by atoms with E-state index in [9.17, 15) is 14.9 Å². The summed E-state index contributed by atoms with van der Waals surface area (Å²) in [5, 5.41) is 10.7. The van der Waals surface area contributed by atoms with Crippen LogP contribution in [0.1, 0.15) is 30.0 Å². The van der Waals surface area contributed by atoms with Crippen molar-refractivity contribution in [3.8, 4) is 5.75 Å². The van der Waals surface area contributed by atoms with Crippen molar-refractivity contribution in [3.63, 3.8) is 0 Å². The van der Waals surface area contributed by atoms with Crippen LogP contribution >= 0.6 is 0 Å². The van der Waals surface area contributed by atoms with Crippen LogP contribution in [-0.2, 0) is 4.79 Å². The summed E-state index contributed by atoms with van der Waals surface area (Å²) in [6, 6.07) is 14.0. The molecule has 0 saturated carbocycles. The number of non-ortho nitro benzene ring substituents is 1. The van der Waals surface area contributed by atoms with Crippen LogP contribution in [0, 0.1) is 10.1 Å². The zero-order chi connectivity index (χ0) is 18.5. The molecule has 6 nitrogen and oxygen atoms in total. The first-order valence-corrected chi connectivity index (χ1v) is 8.45. The van der Waals surface area contributed by atoms with Gasteiger partial charge in [-0.05, 0) is 54.3 Å². The van der Waals surface area contributed by atoms with E-state index >= 15 is 0 Å². The number of nitrogens with zero attached hydrogens (tertiary/aromatic N) is 2. The minimum absolute atomic E-state index is 0.0348. The molecule has 1 fully saturated rings. The lowest BCUT2D eigenvalue weighted by molar-refractivity contribution is -0.384. The fourth-order valence-electron chi connectivity index (χ4n) is 3.17. The quantitative estimate of drug-likeness (QED) is 0.463. The normalized spacial score (nSPS) is 16.8. The Morgan fingerprint density at radius 3 is 2.50 bits per heavy atom. The molecule has 26 heavy (non-hydrogen) atoms. The number of hydrogen-bond donors (Lipinski definition) is 0. The molecule has 1 aliphatic rings. The van der Waals surface area contributed by atoms with Crippen molar-refractivity contribution >= 4 is 17.7 Å². The average molecular weight is 352 g/mol. The van der Waals surface area contributed by atoms with Gasteiger partial charge in [0.05, 0.1) is 18.1 Å². The maximum absolute atomic E-state index is 12.6. The minimum Gasteiger partial charge on any atom is -0.497 e. The summed E-state index contributed by atoms with van der Waals surface area (Å²) in [6.07, 6.45) is 5.12. The molecule has 1 amide bonds. The standard InChI is InChI=1S/C20H20N2O4/c1-26-18-11-7-16(8-12-18)19-3-2-14-21(19)20(23)13-6-15-4-9-17(10-5-15)22(24)25/h4-13,19H,2-3,14H2,1H3/b13-6+. The summed E-state index contributed by atoms with van der Waals surface area (Å²) >= 11 is 0. The second kappa shape index (κ2) is 7.82. The zero-order valence-corrected chi connectivity index (χ0v) is 14.5. The summed E-state index contributed by atoms with van der Waals surface area (Å²) in [5.41, 5.74) is 1.89. The Morgan fingerprint density at radius 1 is 1.19 bits per heavy atom. The molecular formula is C20H20N2O4. The second-order valence-electron chi connectivity index (χ2n) is 6.14. The van der Waals surface area contributed by atoms with Gasteiger partial charge >= 0.3 is 0 Å². The molecule has 0 aromatic heterocycles. The van der Waals surface area contributed by atoms with Gasteiger partial charge < -0.3 is 9.64 Å². The molecule has 0 N–H and O–H groups in total. The molecule has 0 aliphatic carbocycles. The van der Waals surface area contributed by atoms with Gasteiger partial charge in [-0.3, -0.25) is 14.9 Å². The molecule has 0 spiro atoms. The third kappa shape index (κ3) is 3.91. The van der Waals surface area contributed by atoms with E-state index in [4.69, 9.17) is 4.74 Å². The highest BCUT2D eigenvalue weighted by Gasteiger charge is 2.28.